The molecule has 0 amide bonds. The number of likely N-dealkylation sites (N-methyl/N-ethyl adjacent to an activating group) is 1. The van der Waals surface area contributed by atoms with Crippen LogP contribution in [0.1, 0.15) is 13.3 Å². The minimum absolute atomic E-state index is 0.0229. The molecule has 1 aromatic carbocycles. The van der Waals surface area contributed by atoms with E-state index in [-0.39, 0.29) is 11.7 Å². The van der Waals surface area contributed by atoms with Gasteiger partial charge in [0, 0.05) is 32.3 Å². The number of halogens is 4. The van der Waals surface area contributed by atoms with Crippen LogP contribution in [-0.2, 0) is 14.8 Å². The van der Waals surface area contributed by atoms with E-state index in [2.05, 4.69) is 4.98 Å². The van der Waals surface area contributed by atoms with E-state index in [4.69, 9.17) is 16.3 Å². The van der Waals surface area contributed by atoms with Gasteiger partial charge in [0.05, 0.1) is 11.3 Å². The van der Waals surface area contributed by atoms with Crippen molar-refractivity contribution in [3.8, 4) is 0 Å². The summed E-state index contributed by atoms with van der Waals surface area (Å²) in [5.41, 5.74) is -0.566. The summed E-state index contributed by atoms with van der Waals surface area (Å²) >= 11 is 6.19. The lowest BCUT2D eigenvalue weighted by Gasteiger charge is -2.31. The van der Waals surface area contributed by atoms with Gasteiger partial charge in [-0.25, -0.2) is 22.2 Å². The molecule has 0 saturated carbocycles. The van der Waals surface area contributed by atoms with Gasteiger partial charge in [0.1, 0.15) is 16.7 Å². The second kappa shape index (κ2) is 9.05. The molecule has 0 spiro atoms. The number of hydrogen-bond donors (Lipinski definition) is 1. The van der Waals surface area contributed by atoms with Gasteiger partial charge in [-0.3, -0.25) is 4.72 Å². The van der Waals surface area contributed by atoms with E-state index in [0.717, 1.165) is 18.2 Å². The highest BCUT2D eigenvalue weighted by molar-refractivity contribution is 7.92. The van der Waals surface area contributed by atoms with E-state index in [1.54, 1.807) is 12.0 Å². The molecule has 1 N–H and O–H groups in total. The Bertz CT molecular complexity index is 1120. The fourth-order valence-electron chi connectivity index (χ4n) is 4.08. The van der Waals surface area contributed by atoms with Crippen LogP contribution in [0.25, 0.3) is 0 Å². The Morgan fingerprint density at radius 3 is 2.62 bits per heavy atom. The molecule has 0 radical (unpaired) electrons. The molecule has 1 aliphatic rings. The number of rotatable bonds is 7. The Hall–Kier alpha value is -2.08. The van der Waals surface area contributed by atoms with Gasteiger partial charge in [0.25, 0.3) is 10.0 Å². The number of nitrogens with one attached hydrogen (secondary N) is 1. The zero-order valence-electron chi connectivity index (χ0n) is 18.0. The summed E-state index contributed by atoms with van der Waals surface area (Å²) in [4.78, 5) is 5.72. The van der Waals surface area contributed by atoms with Crippen LogP contribution in [0.15, 0.2) is 29.2 Å². The molecule has 32 heavy (non-hydrogen) atoms. The molecule has 1 fully saturated rings. The van der Waals surface area contributed by atoms with E-state index in [0.29, 0.717) is 19.5 Å². The Balaban J connectivity index is 1.99. The molecule has 2 atom stereocenters. The van der Waals surface area contributed by atoms with Crippen LogP contribution in [0.5, 0.6) is 0 Å². The maximum absolute atomic E-state index is 15.1. The van der Waals surface area contributed by atoms with Gasteiger partial charge < -0.3 is 14.5 Å². The van der Waals surface area contributed by atoms with Crippen molar-refractivity contribution in [2.24, 2.45) is 0 Å². The van der Waals surface area contributed by atoms with Gasteiger partial charge in [0.2, 0.25) is 5.95 Å². The van der Waals surface area contributed by atoms with Gasteiger partial charge in [-0.15, -0.1) is 0 Å². The van der Waals surface area contributed by atoms with Gasteiger partial charge in [0.15, 0.2) is 10.7 Å². The Labute approximate surface area is 190 Å². The van der Waals surface area contributed by atoms with Crippen molar-refractivity contribution in [3.05, 3.63) is 46.9 Å². The number of sulfonamides is 1. The summed E-state index contributed by atoms with van der Waals surface area (Å²) in [7, 11) is 0.578. The maximum atomic E-state index is 15.1. The van der Waals surface area contributed by atoms with E-state index in [1.807, 2.05) is 30.6 Å². The van der Waals surface area contributed by atoms with Crippen LogP contribution in [0.3, 0.4) is 0 Å². The summed E-state index contributed by atoms with van der Waals surface area (Å²) < 4.78 is 76.2. The second-order valence-corrected chi connectivity index (χ2v) is 10.1. The largest absolute Gasteiger partial charge is 0.375 e. The highest BCUT2D eigenvalue weighted by Gasteiger charge is 2.44. The number of pyridine rings is 1. The van der Waals surface area contributed by atoms with Crippen molar-refractivity contribution in [3.63, 3.8) is 0 Å². The summed E-state index contributed by atoms with van der Waals surface area (Å²) in [5, 5.41) is -0.539. The molecule has 0 unspecified atom stereocenters. The first-order chi connectivity index (χ1) is 14.9. The van der Waals surface area contributed by atoms with E-state index in [1.165, 1.54) is 6.07 Å². The molecule has 7 nitrogen and oxygen atoms in total. The Morgan fingerprint density at radius 2 is 2.03 bits per heavy atom. The molecule has 176 valence electrons. The third-order valence-corrected chi connectivity index (χ3v) is 7.07. The van der Waals surface area contributed by atoms with Crippen molar-refractivity contribution in [2.75, 3.05) is 43.9 Å². The van der Waals surface area contributed by atoms with Gasteiger partial charge >= 0.3 is 0 Å². The highest BCUT2D eigenvalue weighted by atomic mass is 35.5. The average Bonchev–Trinajstić information content (AvgIpc) is 3.00. The lowest BCUT2D eigenvalue weighted by molar-refractivity contribution is -0.0120. The summed E-state index contributed by atoms with van der Waals surface area (Å²) in [6.45, 7) is 2.74. The lowest BCUT2D eigenvalue weighted by atomic mass is 10.00. The number of aromatic nitrogens is 1. The topological polar surface area (TPSA) is 74.8 Å². The highest BCUT2D eigenvalue weighted by Crippen LogP contribution is 2.41. The number of methoxy groups -OCH3 is 1. The summed E-state index contributed by atoms with van der Waals surface area (Å²) in [6, 6.07) is 4.05. The number of ether oxygens (including phenoxy) is 1. The molecule has 0 aliphatic carbocycles. The predicted octanol–water partition coefficient (Wildman–Crippen LogP) is 3.50. The molecule has 3 rings (SSSR count). The quantitative estimate of drug-likeness (QED) is 0.471. The second-order valence-electron chi connectivity index (χ2n) is 8.09. The molecule has 1 aromatic heterocycles. The molecule has 1 saturated heterocycles. The monoisotopic (exact) mass is 492 g/mol. The minimum atomic E-state index is -4.77. The van der Waals surface area contributed by atoms with Crippen molar-refractivity contribution in [2.45, 2.75) is 29.9 Å². The first-order valence-electron chi connectivity index (χ1n) is 9.68. The van der Waals surface area contributed by atoms with Crippen molar-refractivity contribution >= 4 is 33.1 Å². The van der Waals surface area contributed by atoms with Crippen LogP contribution in [0.2, 0.25) is 5.02 Å². The first kappa shape index (κ1) is 24.6. The van der Waals surface area contributed by atoms with E-state index >= 15 is 4.39 Å². The summed E-state index contributed by atoms with van der Waals surface area (Å²) in [6.07, 6.45) is 0.577. The predicted molar refractivity (Wildman–Crippen MR) is 116 cm³/mol. The molecule has 0 bridgehead atoms. The molecular weight excluding hydrogens is 469 g/mol. The first-order valence-corrected chi connectivity index (χ1v) is 11.5. The molecule has 2 heterocycles. The van der Waals surface area contributed by atoms with Crippen LogP contribution >= 0.6 is 11.6 Å². The lowest BCUT2D eigenvalue weighted by Crippen LogP contribution is -2.44. The van der Waals surface area contributed by atoms with Gasteiger partial charge in [-0.05, 0) is 39.6 Å². The maximum Gasteiger partial charge on any atom is 0.268 e. The fourth-order valence-corrected chi connectivity index (χ4v) is 5.54. The minimum Gasteiger partial charge on any atom is -0.375 e. The normalized spacial score (nSPS) is 21.4. The number of benzene rings is 1. The van der Waals surface area contributed by atoms with Crippen molar-refractivity contribution in [1.29, 1.82) is 0 Å². The smallest absolute Gasteiger partial charge is 0.268 e. The molecular formula is C20H24ClF3N4O3S. The Kier molecular flexibility index (Phi) is 6.94. The average molecular weight is 493 g/mol. The van der Waals surface area contributed by atoms with E-state index < -0.39 is 48.9 Å². The summed E-state index contributed by atoms with van der Waals surface area (Å²) in [5.74, 6) is -4.16. The van der Waals surface area contributed by atoms with Crippen LogP contribution < -0.4 is 9.62 Å². The Morgan fingerprint density at radius 1 is 1.34 bits per heavy atom. The fraction of sp³-hybridized carbons (Fsp3) is 0.450. The van der Waals surface area contributed by atoms with Gasteiger partial charge in [-0.2, -0.15) is 4.39 Å². The third-order valence-electron chi connectivity index (χ3n) is 5.32. The van der Waals surface area contributed by atoms with Crippen LogP contribution in [-0.4, -0.2) is 64.2 Å². The third kappa shape index (κ3) is 4.80. The number of anilines is 2. The number of hydrogen-bond acceptors (Lipinski definition) is 6. The molecule has 2 aromatic rings. The van der Waals surface area contributed by atoms with E-state index in [9.17, 15) is 17.2 Å². The van der Waals surface area contributed by atoms with Crippen molar-refractivity contribution < 1.29 is 26.3 Å². The number of nitrogens with zero attached hydrogens (tertiary/aromatic N) is 3. The zero-order valence-corrected chi connectivity index (χ0v) is 19.6. The van der Waals surface area contributed by atoms with Crippen molar-refractivity contribution in [1.82, 2.24) is 9.88 Å². The SMILES string of the molecule is CO[C@@]1(CN(C)C)C[C@@H](C)N(c2cc(F)c(S(=O)(=O)Nc3cccc(F)n3)c(F)c2Cl)C1. The van der Waals surface area contributed by atoms with Crippen LogP contribution in [0.4, 0.5) is 24.7 Å². The standard InChI is InChI=1S/C20H24ClF3N4O3S/c1-12-9-20(31-4,10-27(2)3)11-28(12)14-8-13(22)19(18(24)17(14)21)32(29,30)26-16-7-5-6-15(23)25-16/h5-8,12H,9-11H2,1-4H3,(H,25,26)/t12-,20-/m1/s1. The zero-order chi connectivity index (χ0) is 23.8. The van der Waals surface area contributed by atoms with Gasteiger partial charge in [-0.1, -0.05) is 17.7 Å². The molecule has 1 aliphatic heterocycles. The van der Waals surface area contributed by atoms with Crippen LogP contribution in [0, 0.1) is 17.6 Å². The molecule has 12 heteroatoms.